The highest BCUT2D eigenvalue weighted by Gasteiger charge is 2.42. The Bertz CT molecular complexity index is 2290. The van der Waals surface area contributed by atoms with Gasteiger partial charge in [-0.1, -0.05) is 116 Å². The third-order valence-corrected chi connectivity index (χ3v) is 12.8. The molecule has 5 aromatic carbocycles. The second-order valence-electron chi connectivity index (χ2n) is 15.3. The highest BCUT2D eigenvalue weighted by molar-refractivity contribution is 8.16. The second-order valence-corrected chi connectivity index (χ2v) is 18.5. The van der Waals surface area contributed by atoms with Gasteiger partial charge in [-0.15, -0.1) is 11.8 Å². The van der Waals surface area contributed by atoms with Crippen molar-refractivity contribution >= 4 is 46.0 Å². The molecule has 0 aliphatic carbocycles. The maximum Gasteiger partial charge on any atom is 0.320 e. The molecule has 58 heavy (non-hydrogen) atoms. The summed E-state index contributed by atoms with van der Waals surface area (Å²) in [6, 6.07) is 36.2. The van der Waals surface area contributed by atoms with Gasteiger partial charge in [-0.25, -0.2) is 0 Å². The molecule has 1 unspecified atom stereocenters. The SMILES string of the molecule is C.COC(=O)C(C(=O)C(C)(C)SCc1ccc(OC)cc1)c1cc(C)c(-c2ccccc2)cc1C.Cc1cc(-c2ccccc2)c(C)cc1C1=C(O)C(C)(C)SC1=O. The largest absolute Gasteiger partial charge is 0.510 e. The number of thioether (sulfide) groups is 2. The van der Waals surface area contributed by atoms with E-state index in [-0.39, 0.29) is 24.1 Å². The number of methoxy groups -OCH3 is 2. The molecule has 1 heterocycles. The predicted molar refractivity (Wildman–Crippen MR) is 244 cm³/mol. The van der Waals surface area contributed by atoms with Gasteiger partial charge in [0.25, 0.3) is 0 Å². The lowest BCUT2D eigenvalue weighted by atomic mass is 9.83. The molecule has 0 saturated carbocycles. The fraction of sp³-hybridized carbons (Fsp3) is 0.300. The highest BCUT2D eigenvalue weighted by atomic mass is 32.2. The van der Waals surface area contributed by atoms with Gasteiger partial charge in [-0.2, -0.15) is 0 Å². The van der Waals surface area contributed by atoms with Crippen LogP contribution in [0.15, 0.2) is 115 Å². The van der Waals surface area contributed by atoms with Crippen LogP contribution in [-0.4, -0.2) is 45.7 Å². The van der Waals surface area contributed by atoms with Gasteiger partial charge in [0.05, 0.1) is 29.3 Å². The summed E-state index contributed by atoms with van der Waals surface area (Å²) in [5.41, 5.74) is 11.6. The molecule has 0 radical (unpaired) electrons. The second kappa shape index (κ2) is 19.1. The van der Waals surface area contributed by atoms with Crippen molar-refractivity contribution in [2.24, 2.45) is 0 Å². The first-order chi connectivity index (χ1) is 27.0. The van der Waals surface area contributed by atoms with Crippen LogP contribution in [0.3, 0.4) is 0 Å². The fourth-order valence-corrected chi connectivity index (χ4v) is 8.91. The number of Topliss-reactive ketones (excluding diaryl/α,β-unsaturated/α-hetero) is 1. The fourth-order valence-electron chi connectivity index (χ4n) is 6.96. The summed E-state index contributed by atoms with van der Waals surface area (Å²) in [6.45, 7) is 15.5. The van der Waals surface area contributed by atoms with Crippen molar-refractivity contribution in [2.75, 3.05) is 14.2 Å². The van der Waals surface area contributed by atoms with Gasteiger partial charge in [0.15, 0.2) is 5.78 Å². The molecule has 8 heteroatoms. The molecular formula is C50H56O6S2. The quantitative estimate of drug-likeness (QED) is 0.104. The molecule has 0 fully saturated rings. The summed E-state index contributed by atoms with van der Waals surface area (Å²) in [6.07, 6.45) is 0. The number of hydrogen-bond donors (Lipinski definition) is 1. The Morgan fingerprint density at radius 2 is 1.22 bits per heavy atom. The Morgan fingerprint density at radius 3 is 1.71 bits per heavy atom. The van der Waals surface area contributed by atoms with Crippen molar-refractivity contribution in [3.05, 3.63) is 154 Å². The van der Waals surface area contributed by atoms with Gasteiger partial charge in [-0.05, 0) is 129 Å². The molecule has 6 rings (SSSR count). The minimum atomic E-state index is -0.980. The van der Waals surface area contributed by atoms with E-state index in [1.165, 1.54) is 30.6 Å². The molecule has 0 bridgehead atoms. The number of ketones is 1. The molecule has 0 aromatic heterocycles. The number of hydrogen-bond acceptors (Lipinski definition) is 8. The normalized spacial score (nSPS) is 13.9. The summed E-state index contributed by atoms with van der Waals surface area (Å²) in [5.74, 6) is -0.0541. The van der Waals surface area contributed by atoms with Crippen molar-refractivity contribution in [3.63, 3.8) is 0 Å². The number of carbonyl (C=O) groups excluding carboxylic acids is 3. The summed E-state index contributed by atoms with van der Waals surface area (Å²) < 4.78 is 8.97. The van der Waals surface area contributed by atoms with Crippen molar-refractivity contribution in [1.29, 1.82) is 0 Å². The van der Waals surface area contributed by atoms with Crippen molar-refractivity contribution in [1.82, 2.24) is 0 Å². The lowest BCUT2D eigenvalue weighted by molar-refractivity contribution is -0.146. The van der Waals surface area contributed by atoms with E-state index in [9.17, 15) is 19.5 Å². The van der Waals surface area contributed by atoms with Crippen molar-refractivity contribution in [3.8, 4) is 28.0 Å². The van der Waals surface area contributed by atoms with Crippen molar-refractivity contribution in [2.45, 2.75) is 84.0 Å². The van der Waals surface area contributed by atoms with Crippen LogP contribution in [0.2, 0.25) is 0 Å². The number of carbonyl (C=O) groups is 3. The molecule has 1 atom stereocenters. The van der Waals surface area contributed by atoms with Crippen LogP contribution in [0.4, 0.5) is 0 Å². The molecule has 0 amide bonds. The predicted octanol–water partition coefficient (Wildman–Crippen LogP) is 12.4. The Morgan fingerprint density at radius 1 is 0.741 bits per heavy atom. The molecule has 1 N–H and O–H groups in total. The van der Waals surface area contributed by atoms with E-state index in [0.29, 0.717) is 16.9 Å². The lowest BCUT2D eigenvalue weighted by Gasteiger charge is -2.28. The van der Waals surface area contributed by atoms with Gasteiger partial charge in [0, 0.05) is 5.75 Å². The van der Waals surface area contributed by atoms with Crippen LogP contribution < -0.4 is 4.74 Å². The van der Waals surface area contributed by atoms with Gasteiger partial charge >= 0.3 is 5.97 Å². The topological polar surface area (TPSA) is 89.9 Å². The van der Waals surface area contributed by atoms with E-state index in [1.807, 2.05) is 128 Å². The minimum absolute atomic E-state index is 0. The van der Waals surface area contributed by atoms with Crippen LogP contribution >= 0.6 is 23.5 Å². The Kier molecular flexibility index (Phi) is 15.1. The summed E-state index contributed by atoms with van der Waals surface area (Å²) in [4.78, 5) is 39.0. The number of ether oxygens (including phenoxy) is 2. The average molecular weight is 817 g/mol. The first-order valence-corrected chi connectivity index (χ1v) is 20.7. The Balaban J connectivity index is 0.000000270. The molecule has 0 spiro atoms. The number of aliphatic hydroxyl groups excluding tert-OH is 1. The zero-order chi connectivity index (χ0) is 41.7. The highest BCUT2D eigenvalue weighted by Crippen LogP contribution is 2.47. The molecule has 1 aliphatic rings. The van der Waals surface area contributed by atoms with Crippen molar-refractivity contribution < 1.29 is 29.0 Å². The third kappa shape index (κ3) is 10.1. The van der Waals surface area contributed by atoms with Gasteiger partial charge in [0.1, 0.15) is 17.4 Å². The molecule has 5 aromatic rings. The number of benzene rings is 5. The van der Waals surface area contributed by atoms with E-state index in [4.69, 9.17) is 9.47 Å². The average Bonchev–Trinajstić information content (AvgIpc) is 3.41. The van der Waals surface area contributed by atoms with E-state index >= 15 is 0 Å². The van der Waals surface area contributed by atoms with E-state index in [0.717, 1.165) is 61.4 Å². The number of esters is 1. The Hall–Kier alpha value is -5.05. The summed E-state index contributed by atoms with van der Waals surface area (Å²) >= 11 is 2.70. The monoisotopic (exact) mass is 816 g/mol. The molecule has 6 nitrogen and oxygen atoms in total. The van der Waals surface area contributed by atoms with E-state index in [1.54, 1.807) is 7.11 Å². The van der Waals surface area contributed by atoms with Gasteiger partial charge < -0.3 is 14.6 Å². The van der Waals surface area contributed by atoms with E-state index in [2.05, 4.69) is 36.4 Å². The standard InChI is InChI=1S/C29H32O4S.C20H20O2S.CH4/c1-19-17-25(20(2)16-24(19)22-10-8-7-9-11-22)26(28(31)33-6)27(30)29(3,4)34-18-21-12-14-23(32-5)15-13-21;1-12-11-16(17-18(21)20(3,4)23-19(17)22)13(2)10-15(12)14-8-6-5-7-9-14;/h7-17,26H,18H2,1-6H3;5-11,21H,1-4H3;1H4. The molecule has 304 valence electrons. The smallest absolute Gasteiger partial charge is 0.320 e. The summed E-state index contributed by atoms with van der Waals surface area (Å²) in [7, 11) is 2.97. The number of aliphatic hydroxyl groups is 1. The maximum absolute atomic E-state index is 13.8. The third-order valence-electron chi connectivity index (χ3n) is 10.3. The zero-order valence-corrected chi connectivity index (χ0v) is 36.1. The lowest BCUT2D eigenvalue weighted by Crippen LogP contribution is -2.37. The van der Waals surface area contributed by atoms with Crippen LogP contribution in [-0.2, 0) is 24.9 Å². The van der Waals surface area contributed by atoms with E-state index < -0.39 is 21.4 Å². The van der Waals surface area contributed by atoms with Crippen LogP contribution in [0.25, 0.3) is 27.8 Å². The van der Waals surface area contributed by atoms with Crippen LogP contribution in [0.5, 0.6) is 5.75 Å². The molecule has 1 aliphatic heterocycles. The number of aryl methyl sites for hydroxylation is 4. The van der Waals surface area contributed by atoms with Gasteiger partial charge in [0.2, 0.25) is 5.12 Å². The molecule has 0 saturated heterocycles. The Labute approximate surface area is 353 Å². The van der Waals surface area contributed by atoms with Crippen LogP contribution in [0, 0.1) is 27.7 Å². The zero-order valence-electron chi connectivity index (χ0n) is 34.5. The number of rotatable bonds is 11. The van der Waals surface area contributed by atoms with Gasteiger partial charge in [-0.3, -0.25) is 14.4 Å². The molecular weight excluding hydrogens is 761 g/mol. The minimum Gasteiger partial charge on any atom is -0.510 e. The van der Waals surface area contributed by atoms with Crippen LogP contribution in [0.1, 0.15) is 80.0 Å². The first-order valence-electron chi connectivity index (χ1n) is 18.9. The first kappa shape index (κ1) is 45.6. The summed E-state index contributed by atoms with van der Waals surface area (Å²) in [5, 5.41) is 10.4. The maximum atomic E-state index is 13.8.